The Morgan fingerprint density at radius 1 is 1.47 bits per heavy atom. The molecule has 1 fully saturated rings. The van der Waals surface area contributed by atoms with Gasteiger partial charge in [0.15, 0.2) is 5.75 Å². The molecule has 2 rings (SSSR count). The molecule has 0 bridgehead atoms. The third-order valence-corrected chi connectivity index (χ3v) is 3.08. The molecule has 1 aliphatic rings. The smallest absolute Gasteiger partial charge is 0.313 e. The molecule has 1 N–H and O–H groups in total. The fourth-order valence-corrected chi connectivity index (χ4v) is 2.17. The Kier molecular flexibility index (Phi) is 3.28. The zero-order valence-electron chi connectivity index (χ0n) is 9.63. The fraction of sp³-hybridized carbons (Fsp3) is 0.500. The van der Waals surface area contributed by atoms with Gasteiger partial charge < -0.3 is 9.84 Å². The summed E-state index contributed by atoms with van der Waals surface area (Å²) < 4.78 is 5.57. The Balaban J connectivity index is 2.26. The third kappa shape index (κ3) is 2.39. The molecule has 1 saturated carbocycles. The second-order valence-electron chi connectivity index (χ2n) is 4.33. The average Bonchev–Trinajstić information content (AvgIpc) is 2.64. The zero-order chi connectivity index (χ0) is 12.4. The lowest BCUT2D eigenvalue weighted by Crippen LogP contribution is -2.26. The van der Waals surface area contributed by atoms with Gasteiger partial charge in [0.1, 0.15) is 6.10 Å². The van der Waals surface area contributed by atoms with Crippen molar-refractivity contribution in [3.8, 4) is 5.75 Å². The van der Waals surface area contributed by atoms with E-state index >= 15 is 0 Å². The van der Waals surface area contributed by atoms with E-state index in [9.17, 15) is 15.2 Å². The average molecular weight is 237 g/mol. The van der Waals surface area contributed by atoms with E-state index in [1.165, 1.54) is 0 Å². The number of ether oxygens (including phenoxy) is 1. The van der Waals surface area contributed by atoms with E-state index < -0.39 is 11.0 Å². The standard InChI is InChI=1S/C12H15NO4/c1-8-4-2-7-11(12(8)13(15)16)17-10-6-3-5-9(10)14/h2,4,7,9-10,14H,3,5-6H2,1H3/t9-,10-/m0/s1. The van der Waals surface area contributed by atoms with Crippen molar-refractivity contribution in [3.63, 3.8) is 0 Å². The van der Waals surface area contributed by atoms with Gasteiger partial charge in [-0.15, -0.1) is 0 Å². The van der Waals surface area contributed by atoms with Crippen LogP contribution in [0, 0.1) is 17.0 Å². The minimum absolute atomic E-state index is 0.00778. The highest BCUT2D eigenvalue weighted by Gasteiger charge is 2.29. The number of aryl methyl sites for hydroxylation is 1. The molecule has 5 nitrogen and oxygen atoms in total. The summed E-state index contributed by atoms with van der Waals surface area (Å²) >= 11 is 0. The normalized spacial score (nSPS) is 23.6. The number of nitro benzene ring substituents is 1. The molecule has 1 aromatic rings. The molecule has 0 aromatic heterocycles. The summed E-state index contributed by atoms with van der Waals surface area (Å²) in [5.41, 5.74) is 0.562. The lowest BCUT2D eigenvalue weighted by Gasteiger charge is -2.17. The monoisotopic (exact) mass is 237 g/mol. The van der Waals surface area contributed by atoms with Crippen LogP contribution in [0.3, 0.4) is 0 Å². The van der Waals surface area contributed by atoms with Gasteiger partial charge in [-0.05, 0) is 32.3 Å². The van der Waals surface area contributed by atoms with Crippen molar-refractivity contribution in [1.29, 1.82) is 0 Å². The molecule has 2 atom stereocenters. The van der Waals surface area contributed by atoms with Crippen LogP contribution in [0.15, 0.2) is 18.2 Å². The van der Waals surface area contributed by atoms with Crippen molar-refractivity contribution in [3.05, 3.63) is 33.9 Å². The number of aliphatic hydroxyl groups excluding tert-OH is 1. The quantitative estimate of drug-likeness (QED) is 0.646. The van der Waals surface area contributed by atoms with Crippen LogP contribution in [-0.2, 0) is 0 Å². The van der Waals surface area contributed by atoms with Crippen LogP contribution < -0.4 is 4.74 Å². The number of hydrogen-bond acceptors (Lipinski definition) is 4. The molecule has 92 valence electrons. The predicted octanol–water partition coefficient (Wildman–Crippen LogP) is 2.20. The third-order valence-electron chi connectivity index (χ3n) is 3.08. The lowest BCUT2D eigenvalue weighted by atomic mass is 10.2. The van der Waals surface area contributed by atoms with Crippen LogP contribution >= 0.6 is 0 Å². The maximum absolute atomic E-state index is 11.0. The number of nitrogens with zero attached hydrogens (tertiary/aromatic N) is 1. The van der Waals surface area contributed by atoms with Crippen LogP contribution in [0.4, 0.5) is 5.69 Å². The number of benzene rings is 1. The number of para-hydroxylation sites is 1. The Morgan fingerprint density at radius 3 is 2.82 bits per heavy atom. The predicted molar refractivity (Wildman–Crippen MR) is 62.1 cm³/mol. The molecule has 1 aromatic carbocycles. The van der Waals surface area contributed by atoms with E-state index in [0.717, 1.165) is 12.8 Å². The van der Waals surface area contributed by atoms with Crippen molar-refractivity contribution in [1.82, 2.24) is 0 Å². The van der Waals surface area contributed by atoms with E-state index in [4.69, 9.17) is 4.74 Å². The SMILES string of the molecule is Cc1cccc(O[C@H]2CCC[C@@H]2O)c1[N+](=O)[O-]. The number of rotatable bonds is 3. The summed E-state index contributed by atoms with van der Waals surface area (Å²) in [6, 6.07) is 4.98. The first-order valence-corrected chi connectivity index (χ1v) is 5.68. The highest BCUT2D eigenvalue weighted by atomic mass is 16.6. The molecule has 1 aliphatic carbocycles. The molecule has 0 radical (unpaired) electrons. The van der Waals surface area contributed by atoms with E-state index in [0.29, 0.717) is 12.0 Å². The van der Waals surface area contributed by atoms with Gasteiger partial charge in [0.2, 0.25) is 0 Å². The van der Waals surface area contributed by atoms with Gasteiger partial charge in [0, 0.05) is 5.56 Å². The highest BCUT2D eigenvalue weighted by molar-refractivity contribution is 5.52. The first kappa shape index (κ1) is 11.9. The topological polar surface area (TPSA) is 72.6 Å². The maximum Gasteiger partial charge on any atom is 0.313 e. The van der Waals surface area contributed by atoms with Crippen molar-refractivity contribution >= 4 is 5.69 Å². The number of nitro groups is 1. The van der Waals surface area contributed by atoms with Gasteiger partial charge in [-0.3, -0.25) is 10.1 Å². The Bertz CT molecular complexity index is 433. The van der Waals surface area contributed by atoms with Crippen molar-refractivity contribution < 1.29 is 14.8 Å². The van der Waals surface area contributed by atoms with Crippen LogP contribution in [0.1, 0.15) is 24.8 Å². The van der Waals surface area contributed by atoms with E-state index in [1.54, 1.807) is 25.1 Å². The highest BCUT2D eigenvalue weighted by Crippen LogP contribution is 2.33. The van der Waals surface area contributed by atoms with Gasteiger partial charge in [0.05, 0.1) is 11.0 Å². The Labute approximate surface area is 99.2 Å². The van der Waals surface area contributed by atoms with Crippen LogP contribution in [0.5, 0.6) is 5.75 Å². The van der Waals surface area contributed by atoms with Gasteiger partial charge in [-0.25, -0.2) is 0 Å². The zero-order valence-corrected chi connectivity index (χ0v) is 9.63. The van der Waals surface area contributed by atoms with Gasteiger partial charge in [-0.2, -0.15) is 0 Å². The van der Waals surface area contributed by atoms with Crippen molar-refractivity contribution in [2.24, 2.45) is 0 Å². The van der Waals surface area contributed by atoms with Crippen LogP contribution in [-0.4, -0.2) is 22.2 Å². The van der Waals surface area contributed by atoms with Crippen molar-refractivity contribution in [2.75, 3.05) is 0 Å². The molecule has 0 unspecified atom stereocenters. The van der Waals surface area contributed by atoms with E-state index in [-0.39, 0.29) is 17.5 Å². The second kappa shape index (κ2) is 4.71. The molecule has 17 heavy (non-hydrogen) atoms. The number of aliphatic hydroxyl groups is 1. The molecular weight excluding hydrogens is 222 g/mol. The summed E-state index contributed by atoms with van der Waals surface area (Å²) in [5.74, 6) is 0.251. The minimum atomic E-state index is -0.518. The maximum atomic E-state index is 11.0. The van der Waals surface area contributed by atoms with Crippen LogP contribution in [0.25, 0.3) is 0 Å². The summed E-state index contributed by atoms with van der Waals surface area (Å²) in [7, 11) is 0. The minimum Gasteiger partial charge on any atom is -0.481 e. The summed E-state index contributed by atoms with van der Waals surface area (Å²) in [6.45, 7) is 1.68. The Hall–Kier alpha value is -1.62. The van der Waals surface area contributed by atoms with Crippen molar-refractivity contribution in [2.45, 2.75) is 38.4 Å². The molecule has 0 amide bonds. The largest absolute Gasteiger partial charge is 0.481 e. The molecule has 5 heteroatoms. The summed E-state index contributed by atoms with van der Waals surface area (Å²) in [4.78, 5) is 10.5. The molecular formula is C12H15NO4. The Morgan fingerprint density at radius 2 is 2.24 bits per heavy atom. The second-order valence-corrected chi connectivity index (χ2v) is 4.33. The molecule has 0 saturated heterocycles. The fourth-order valence-electron chi connectivity index (χ4n) is 2.17. The number of hydrogen-bond donors (Lipinski definition) is 1. The van der Waals surface area contributed by atoms with E-state index in [2.05, 4.69) is 0 Å². The first-order chi connectivity index (χ1) is 8.09. The summed E-state index contributed by atoms with van der Waals surface area (Å²) in [6.07, 6.45) is 1.49. The molecule has 0 spiro atoms. The molecule has 0 aliphatic heterocycles. The van der Waals surface area contributed by atoms with Gasteiger partial charge >= 0.3 is 5.69 Å². The first-order valence-electron chi connectivity index (χ1n) is 5.68. The summed E-state index contributed by atoms with van der Waals surface area (Å²) in [5, 5.41) is 20.6. The van der Waals surface area contributed by atoms with E-state index in [1.807, 2.05) is 0 Å². The van der Waals surface area contributed by atoms with Gasteiger partial charge in [0.25, 0.3) is 0 Å². The molecule has 0 heterocycles. The van der Waals surface area contributed by atoms with Gasteiger partial charge in [-0.1, -0.05) is 12.1 Å². The lowest BCUT2D eigenvalue weighted by molar-refractivity contribution is -0.386. The van der Waals surface area contributed by atoms with Crippen LogP contribution in [0.2, 0.25) is 0 Å².